The van der Waals surface area contributed by atoms with Crippen LogP contribution in [0, 0.1) is 0 Å². The van der Waals surface area contributed by atoms with E-state index in [1.807, 2.05) is 53.1 Å². The Kier molecular flexibility index (Phi) is 7.69. The van der Waals surface area contributed by atoms with Crippen molar-refractivity contribution in [1.82, 2.24) is 18.7 Å². The molecule has 0 unspecified atom stereocenters. The second kappa shape index (κ2) is 13.7. The minimum Gasteiger partial charge on any atom is -0.307 e. The smallest absolute Gasteiger partial charge is 0.282 e. The number of pyridine rings is 2. The first-order valence-electron chi connectivity index (χ1n) is 21.3. The van der Waals surface area contributed by atoms with Crippen molar-refractivity contribution in [2.45, 2.75) is 0 Å². The van der Waals surface area contributed by atoms with Crippen molar-refractivity contribution in [3.63, 3.8) is 0 Å². The summed E-state index contributed by atoms with van der Waals surface area (Å²) in [5, 5.41) is 8.76. The first-order valence-corrected chi connectivity index (χ1v) is 21.3. The Labute approximate surface area is 361 Å². The highest BCUT2D eigenvalue weighted by atomic mass is 16.1. The van der Waals surface area contributed by atoms with Gasteiger partial charge in [0.25, 0.3) is 5.56 Å². The predicted octanol–water partition coefficient (Wildman–Crippen LogP) is 14.2. The van der Waals surface area contributed by atoms with Crippen LogP contribution in [-0.4, -0.2) is 18.7 Å². The Morgan fingerprint density at radius 1 is 0.317 bits per heavy atom. The third kappa shape index (κ3) is 5.23. The summed E-state index contributed by atoms with van der Waals surface area (Å²) in [6.45, 7) is 0. The largest absolute Gasteiger partial charge is 0.307 e. The first-order chi connectivity index (χ1) is 31.2. The molecule has 0 aliphatic heterocycles. The van der Waals surface area contributed by atoms with Crippen LogP contribution < -0.4 is 5.56 Å². The van der Waals surface area contributed by atoms with Crippen molar-refractivity contribution >= 4 is 76.2 Å². The van der Waals surface area contributed by atoms with E-state index >= 15 is 4.79 Å². The fourth-order valence-electron chi connectivity index (χ4n) is 10.1. The van der Waals surface area contributed by atoms with Gasteiger partial charge in [-0.15, -0.1) is 0 Å². The van der Waals surface area contributed by atoms with Gasteiger partial charge in [0.05, 0.1) is 27.6 Å². The third-order valence-corrected chi connectivity index (χ3v) is 12.8. The van der Waals surface area contributed by atoms with E-state index in [1.165, 1.54) is 21.5 Å². The van der Waals surface area contributed by atoms with Crippen LogP contribution in [0.25, 0.3) is 116 Å². The average molecular weight is 805 g/mol. The monoisotopic (exact) mass is 804 g/mol. The summed E-state index contributed by atoms with van der Waals surface area (Å²) in [5.41, 5.74) is 11.6. The molecule has 4 aromatic heterocycles. The second-order valence-corrected chi connectivity index (χ2v) is 16.3. The SMILES string of the molecule is O=c1c2nc(-n3c4ccccc4c4c5ccccc5c5c6ccccc6n(-c6cccc(-c7ccccc7)c6)c5c43)ccc2c2ccccc2n1-c1cccc(-c2ccccc2)c1. The van der Waals surface area contributed by atoms with E-state index in [-0.39, 0.29) is 5.56 Å². The van der Waals surface area contributed by atoms with Crippen molar-refractivity contribution in [3.05, 3.63) is 229 Å². The van der Waals surface area contributed by atoms with Crippen LogP contribution in [0.15, 0.2) is 223 Å². The van der Waals surface area contributed by atoms with E-state index in [4.69, 9.17) is 4.98 Å². The zero-order valence-corrected chi connectivity index (χ0v) is 34.0. The zero-order valence-electron chi connectivity index (χ0n) is 34.0. The van der Waals surface area contributed by atoms with Crippen LogP contribution in [0.5, 0.6) is 0 Å². The lowest BCUT2D eigenvalue weighted by Crippen LogP contribution is -2.20. The highest BCUT2D eigenvalue weighted by Gasteiger charge is 2.26. The minimum atomic E-state index is -0.168. The lowest BCUT2D eigenvalue weighted by Gasteiger charge is -2.16. The van der Waals surface area contributed by atoms with Gasteiger partial charge in [-0.25, -0.2) is 4.98 Å². The highest BCUT2D eigenvalue weighted by molar-refractivity contribution is 6.36. The van der Waals surface area contributed by atoms with Crippen LogP contribution >= 0.6 is 0 Å². The molecule has 0 bridgehead atoms. The van der Waals surface area contributed by atoms with Crippen LogP contribution in [0.2, 0.25) is 0 Å². The number of hydrogen-bond donors (Lipinski definition) is 0. The maximum absolute atomic E-state index is 15.2. The van der Waals surface area contributed by atoms with E-state index in [2.05, 4.69) is 179 Å². The fourth-order valence-corrected chi connectivity index (χ4v) is 10.1. The van der Waals surface area contributed by atoms with Gasteiger partial charge < -0.3 is 4.57 Å². The van der Waals surface area contributed by atoms with Crippen LogP contribution in [0.4, 0.5) is 0 Å². The number of hydrogen-bond acceptors (Lipinski definition) is 2. The first kappa shape index (κ1) is 35.2. The lowest BCUT2D eigenvalue weighted by molar-refractivity contribution is 1.04. The predicted molar refractivity (Wildman–Crippen MR) is 262 cm³/mol. The van der Waals surface area contributed by atoms with Gasteiger partial charge in [-0.2, -0.15) is 0 Å². The summed E-state index contributed by atoms with van der Waals surface area (Å²) in [5.74, 6) is 0.678. The fraction of sp³-hybridized carbons (Fsp3) is 0. The van der Waals surface area contributed by atoms with Gasteiger partial charge in [0.1, 0.15) is 11.3 Å². The van der Waals surface area contributed by atoms with Gasteiger partial charge in [-0.1, -0.05) is 164 Å². The summed E-state index contributed by atoms with van der Waals surface area (Å²) >= 11 is 0. The number of rotatable bonds is 5. The van der Waals surface area contributed by atoms with E-state index < -0.39 is 0 Å². The number of aromatic nitrogens is 4. The summed E-state index contributed by atoms with van der Waals surface area (Å²) in [7, 11) is 0. The van der Waals surface area contributed by atoms with Gasteiger partial charge in [0.2, 0.25) is 0 Å². The molecule has 13 rings (SSSR count). The lowest BCUT2D eigenvalue weighted by atomic mass is 9.98. The zero-order chi connectivity index (χ0) is 41.6. The molecule has 0 atom stereocenters. The molecule has 0 fully saturated rings. The molecular formula is C58H36N4O. The van der Waals surface area contributed by atoms with Crippen LogP contribution in [-0.2, 0) is 0 Å². The third-order valence-electron chi connectivity index (χ3n) is 12.8. The van der Waals surface area contributed by atoms with Gasteiger partial charge in [0.15, 0.2) is 0 Å². The van der Waals surface area contributed by atoms with E-state index in [9.17, 15) is 0 Å². The standard InChI is InChI=1S/C58H36N4O/c63-58-55-46(43-25-9-12-30-49(43)61(58)42-24-16-22-40(36-42)38-19-5-2-6-20-38)33-34-52(59-55)62-51-32-14-11-29-48(51)54-45-27-8-7-26-44(45)53-47-28-10-13-31-50(47)60(56(53)57(54)62)41-23-15-21-39(35-41)37-17-3-1-4-18-37/h1-36H. The van der Waals surface area contributed by atoms with Gasteiger partial charge in [0, 0.05) is 43.7 Å². The Morgan fingerprint density at radius 2 is 0.746 bits per heavy atom. The second-order valence-electron chi connectivity index (χ2n) is 16.3. The Morgan fingerprint density at radius 3 is 1.32 bits per heavy atom. The molecule has 9 aromatic carbocycles. The molecule has 294 valence electrons. The number of nitrogens with zero attached hydrogens (tertiary/aromatic N) is 4. The summed E-state index contributed by atoms with van der Waals surface area (Å²) in [4.78, 5) is 20.7. The van der Waals surface area contributed by atoms with Crippen molar-refractivity contribution in [2.24, 2.45) is 0 Å². The quantitative estimate of drug-likeness (QED) is 0.163. The maximum atomic E-state index is 15.2. The molecule has 13 aromatic rings. The number of benzene rings is 9. The molecule has 5 nitrogen and oxygen atoms in total. The maximum Gasteiger partial charge on any atom is 0.282 e. The molecule has 0 saturated heterocycles. The van der Waals surface area contributed by atoms with Gasteiger partial charge in [-0.3, -0.25) is 13.9 Å². The summed E-state index contributed by atoms with van der Waals surface area (Å²) in [6.07, 6.45) is 0. The molecule has 0 radical (unpaired) electrons. The molecule has 0 aliphatic carbocycles. The molecule has 5 heteroatoms. The molecule has 0 saturated carbocycles. The molecule has 0 amide bonds. The van der Waals surface area contributed by atoms with E-state index in [0.29, 0.717) is 11.3 Å². The minimum absolute atomic E-state index is 0.168. The Bertz CT molecular complexity index is 4050. The number of para-hydroxylation sites is 3. The van der Waals surface area contributed by atoms with E-state index in [0.717, 1.165) is 82.8 Å². The van der Waals surface area contributed by atoms with Crippen molar-refractivity contribution in [2.75, 3.05) is 0 Å². The van der Waals surface area contributed by atoms with Gasteiger partial charge >= 0.3 is 0 Å². The molecule has 0 aliphatic rings. The topological polar surface area (TPSA) is 44.8 Å². The normalized spacial score (nSPS) is 11.9. The summed E-state index contributed by atoms with van der Waals surface area (Å²) in [6, 6.07) is 76.4. The van der Waals surface area contributed by atoms with E-state index in [1.54, 1.807) is 0 Å². The average Bonchev–Trinajstić information content (AvgIpc) is 3.89. The van der Waals surface area contributed by atoms with Gasteiger partial charge in [-0.05, 0) is 87.6 Å². The van der Waals surface area contributed by atoms with Crippen molar-refractivity contribution < 1.29 is 0 Å². The molecule has 0 spiro atoms. The summed E-state index contributed by atoms with van der Waals surface area (Å²) < 4.78 is 6.56. The van der Waals surface area contributed by atoms with Crippen LogP contribution in [0.3, 0.4) is 0 Å². The number of fused-ring (bicyclic) bond motifs is 13. The molecule has 4 heterocycles. The van der Waals surface area contributed by atoms with Crippen molar-refractivity contribution in [1.29, 1.82) is 0 Å². The van der Waals surface area contributed by atoms with Crippen LogP contribution in [0.1, 0.15) is 0 Å². The highest BCUT2D eigenvalue weighted by Crippen LogP contribution is 2.47. The molecule has 63 heavy (non-hydrogen) atoms. The Hall–Kier alpha value is -8.54. The molecular weight excluding hydrogens is 769 g/mol. The Balaban J connectivity index is 1.16. The molecule has 0 N–H and O–H groups in total. The van der Waals surface area contributed by atoms with Crippen molar-refractivity contribution in [3.8, 4) is 39.4 Å².